The molecule has 1 aliphatic heterocycles. The Balaban J connectivity index is 1.28. The summed E-state index contributed by atoms with van der Waals surface area (Å²) in [6.07, 6.45) is 4.73. The molecule has 5 heteroatoms. The molecule has 0 N–H and O–H groups in total. The summed E-state index contributed by atoms with van der Waals surface area (Å²) in [5.41, 5.74) is 2.79. The molecule has 0 radical (unpaired) electrons. The van der Waals surface area contributed by atoms with E-state index in [0.29, 0.717) is 0 Å². The molecule has 1 aliphatic rings. The van der Waals surface area contributed by atoms with E-state index in [0.717, 1.165) is 80.9 Å². The first-order chi connectivity index (χ1) is 14.0. The second-order valence-electron chi connectivity index (χ2n) is 7.67. The summed E-state index contributed by atoms with van der Waals surface area (Å²) in [4.78, 5) is 10.8. The van der Waals surface area contributed by atoms with Gasteiger partial charge in [-0.2, -0.15) is 13.2 Å². The normalized spacial score (nSPS) is 18.6. The Hall–Kier alpha value is -2.14. The summed E-state index contributed by atoms with van der Waals surface area (Å²) in [6.45, 7) is 0. The first-order valence-corrected chi connectivity index (χ1v) is 10.3. The number of alkyl halides is 3. The van der Waals surface area contributed by atoms with Gasteiger partial charge in [-0.3, -0.25) is 0 Å². The van der Waals surface area contributed by atoms with Gasteiger partial charge in [-0.1, -0.05) is 62.1 Å². The van der Waals surface area contributed by atoms with Gasteiger partial charge in [-0.15, -0.1) is 0 Å². The number of carbonyl (C=O) groups is 1. The van der Waals surface area contributed by atoms with Crippen molar-refractivity contribution in [3.05, 3.63) is 70.8 Å². The molecule has 0 aliphatic carbocycles. The van der Waals surface area contributed by atoms with E-state index < -0.39 is 11.7 Å². The Morgan fingerprint density at radius 1 is 0.828 bits per heavy atom. The number of epoxide rings is 1. The van der Waals surface area contributed by atoms with Crippen LogP contribution in [0, 0.1) is 0 Å². The molecule has 156 valence electrons. The van der Waals surface area contributed by atoms with Crippen molar-refractivity contribution in [2.45, 2.75) is 69.8 Å². The van der Waals surface area contributed by atoms with E-state index in [9.17, 15) is 18.0 Å². The molecule has 0 aromatic heterocycles. The van der Waals surface area contributed by atoms with Crippen molar-refractivity contribution in [2.24, 2.45) is 0 Å². The molecular weight excluding hydrogens is 377 g/mol. The minimum Gasteiger partial charge on any atom is -0.356 e. The summed E-state index contributed by atoms with van der Waals surface area (Å²) in [6, 6.07) is 13.7. The summed E-state index contributed by atoms with van der Waals surface area (Å²) in [5.74, 6) is 0. The van der Waals surface area contributed by atoms with Gasteiger partial charge in [0.25, 0.3) is 0 Å². The Morgan fingerprint density at radius 2 is 1.45 bits per heavy atom. The zero-order valence-electron chi connectivity index (χ0n) is 16.5. The lowest BCUT2D eigenvalue weighted by Crippen LogP contribution is -2.04. The van der Waals surface area contributed by atoms with Gasteiger partial charge in [0.1, 0.15) is 12.2 Å². The Morgan fingerprint density at radius 3 is 2.07 bits per heavy atom. The van der Waals surface area contributed by atoms with Crippen LogP contribution in [-0.4, -0.2) is 12.4 Å². The molecule has 2 unspecified atom stereocenters. The average molecular weight is 404 g/mol. The summed E-state index contributed by atoms with van der Waals surface area (Å²) in [5, 5.41) is 0. The molecule has 0 bridgehead atoms. The number of ether oxygens (including phenoxy) is 1. The Kier molecular flexibility index (Phi) is 7.48. The number of unbranched alkanes of at least 4 members (excludes halogenated alkanes) is 5. The molecule has 1 fully saturated rings. The zero-order chi connectivity index (χ0) is 20.7. The zero-order valence-corrected chi connectivity index (χ0v) is 16.5. The second kappa shape index (κ2) is 10.1. The van der Waals surface area contributed by atoms with E-state index in [1.807, 2.05) is 18.2 Å². The molecule has 2 aromatic carbocycles. The number of benzene rings is 2. The van der Waals surface area contributed by atoms with Crippen molar-refractivity contribution in [1.82, 2.24) is 0 Å². The van der Waals surface area contributed by atoms with Crippen LogP contribution in [0.4, 0.5) is 13.2 Å². The number of carbonyl (C=O) groups excluding carboxylic acids is 1. The van der Waals surface area contributed by atoms with Gasteiger partial charge in [0.05, 0.1) is 5.56 Å². The van der Waals surface area contributed by atoms with Gasteiger partial charge in [0.2, 0.25) is 0 Å². The third kappa shape index (κ3) is 6.43. The van der Waals surface area contributed by atoms with Crippen LogP contribution in [-0.2, 0) is 28.5 Å². The van der Waals surface area contributed by atoms with Crippen LogP contribution in [0.25, 0.3) is 0 Å². The summed E-state index contributed by atoms with van der Waals surface area (Å²) < 4.78 is 43.1. The van der Waals surface area contributed by atoms with Gasteiger partial charge < -0.3 is 9.53 Å². The van der Waals surface area contributed by atoms with Crippen molar-refractivity contribution in [3.8, 4) is 0 Å². The Bertz CT molecular complexity index is 783. The first-order valence-electron chi connectivity index (χ1n) is 10.3. The van der Waals surface area contributed by atoms with Crippen LogP contribution in [0.2, 0.25) is 0 Å². The molecule has 29 heavy (non-hydrogen) atoms. The molecule has 2 atom stereocenters. The van der Waals surface area contributed by atoms with Crippen molar-refractivity contribution in [3.63, 3.8) is 0 Å². The van der Waals surface area contributed by atoms with E-state index in [1.165, 1.54) is 5.56 Å². The predicted octanol–water partition coefficient (Wildman–Crippen LogP) is 6.47. The molecule has 1 heterocycles. The van der Waals surface area contributed by atoms with Gasteiger partial charge >= 0.3 is 6.18 Å². The van der Waals surface area contributed by atoms with E-state index in [4.69, 9.17) is 4.74 Å². The van der Waals surface area contributed by atoms with Crippen LogP contribution < -0.4 is 0 Å². The minimum absolute atomic E-state index is 0.0612. The quantitative estimate of drug-likeness (QED) is 0.244. The molecule has 0 saturated carbocycles. The minimum atomic E-state index is -4.26. The van der Waals surface area contributed by atoms with E-state index >= 15 is 0 Å². The number of aldehydes is 1. The average Bonchev–Trinajstić information content (AvgIpc) is 3.50. The van der Waals surface area contributed by atoms with Crippen LogP contribution >= 0.6 is 0 Å². The standard InChI is InChI=1S/C24H27F3O2/c25-24(26,27)20-15-13-18(14-16-20)9-5-3-1-2-4-6-10-19-11-7-8-12-21(19)23-22(17-28)29-23/h7-8,11-17,22-23H,1-6,9-10H2. The number of halogens is 3. The molecule has 0 amide bonds. The van der Waals surface area contributed by atoms with Crippen LogP contribution in [0.15, 0.2) is 48.5 Å². The van der Waals surface area contributed by atoms with Crippen molar-refractivity contribution in [1.29, 1.82) is 0 Å². The predicted molar refractivity (Wildman–Crippen MR) is 107 cm³/mol. The van der Waals surface area contributed by atoms with Crippen molar-refractivity contribution in [2.75, 3.05) is 0 Å². The number of hydrogen-bond acceptors (Lipinski definition) is 2. The van der Waals surface area contributed by atoms with Crippen molar-refractivity contribution < 1.29 is 22.7 Å². The highest BCUT2D eigenvalue weighted by Gasteiger charge is 2.40. The van der Waals surface area contributed by atoms with Gasteiger partial charge in [0.15, 0.2) is 6.29 Å². The van der Waals surface area contributed by atoms with E-state index in [2.05, 4.69) is 6.07 Å². The first kappa shape index (κ1) is 21.6. The Labute approximate surface area is 170 Å². The molecule has 3 rings (SSSR count). The van der Waals surface area contributed by atoms with Crippen LogP contribution in [0.5, 0.6) is 0 Å². The van der Waals surface area contributed by atoms with Crippen LogP contribution in [0.1, 0.15) is 66.9 Å². The largest absolute Gasteiger partial charge is 0.416 e. The highest BCUT2D eigenvalue weighted by Crippen LogP contribution is 2.39. The number of hydrogen-bond donors (Lipinski definition) is 0. The summed E-state index contributed by atoms with van der Waals surface area (Å²) in [7, 11) is 0. The second-order valence-corrected chi connectivity index (χ2v) is 7.67. The lowest BCUT2D eigenvalue weighted by atomic mass is 9.97. The van der Waals surface area contributed by atoms with Gasteiger partial charge in [-0.05, 0) is 54.5 Å². The highest BCUT2D eigenvalue weighted by atomic mass is 19.4. The van der Waals surface area contributed by atoms with E-state index in [1.54, 1.807) is 12.1 Å². The SMILES string of the molecule is O=CC1OC1c1ccccc1CCCCCCCCc1ccc(C(F)(F)F)cc1. The number of aryl methyl sites for hydroxylation is 2. The van der Waals surface area contributed by atoms with E-state index in [-0.39, 0.29) is 12.2 Å². The fraction of sp³-hybridized carbons (Fsp3) is 0.458. The van der Waals surface area contributed by atoms with Crippen molar-refractivity contribution >= 4 is 6.29 Å². The lowest BCUT2D eigenvalue weighted by molar-refractivity contribution is -0.137. The number of rotatable bonds is 11. The molecule has 2 aromatic rings. The smallest absolute Gasteiger partial charge is 0.356 e. The topological polar surface area (TPSA) is 29.6 Å². The maximum Gasteiger partial charge on any atom is 0.416 e. The lowest BCUT2D eigenvalue weighted by Gasteiger charge is -2.08. The van der Waals surface area contributed by atoms with Gasteiger partial charge in [-0.25, -0.2) is 0 Å². The van der Waals surface area contributed by atoms with Crippen LogP contribution in [0.3, 0.4) is 0 Å². The molecular formula is C24H27F3O2. The fourth-order valence-corrected chi connectivity index (χ4v) is 3.73. The molecule has 1 saturated heterocycles. The molecule has 2 nitrogen and oxygen atoms in total. The fourth-order valence-electron chi connectivity index (χ4n) is 3.73. The maximum atomic E-state index is 12.6. The third-order valence-corrected chi connectivity index (χ3v) is 5.46. The van der Waals surface area contributed by atoms with Gasteiger partial charge in [0, 0.05) is 0 Å². The maximum absolute atomic E-state index is 12.6. The third-order valence-electron chi connectivity index (χ3n) is 5.46. The summed E-state index contributed by atoms with van der Waals surface area (Å²) >= 11 is 0. The highest BCUT2D eigenvalue weighted by molar-refractivity contribution is 5.62. The monoisotopic (exact) mass is 404 g/mol. The molecule has 0 spiro atoms.